The Morgan fingerprint density at radius 3 is 2.69 bits per heavy atom. The minimum atomic E-state index is -3.46. The molecule has 0 bridgehead atoms. The molecule has 0 heterocycles. The third-order valence-electron chi connectivity index (χ3n) is 1.33. The van der Waals surface area contributed by atoms with Gasteiger partial charge >= 0.3 is 0 Å². The predicted molar refractivity (Wildman–Crippen MR) is 46.0 cm³/mol. The van der Waals surface area contributed by atoms with Gasteiger partial charge < -0.3 is 0 Å². The maximum absolute atomic E-state index is 12.6. The molecule has 5 heteroatoms. The highest BCUT2D eigenvalue weighted by molar-refractivity contribution is 7.85. The largest absolute Gasteiger partial charge is 0.265 e. The molecule has 0 unspecified atom stereocenters. The van der Waals surface area contributed by atoms with Crippen molar-refractivity contribution in [1.29, 1.82) is 0 Å². The lowest BCUT2D eigenvalue weighted by molar-refractivity contribution is 0.311. The van der Waals surface area contributed by atoms with E-state index in [-0.39, 0.29) is 6.61 Å². The van der Waals surface area contributed by atoms with Gasteiger partial charge in [-0.2, -0.15) is 8.42 Å². The van der Waals surface area contributed by atoms with Crippen molar-refractivity contribution < 1.29 is 17.0 Å². The number of rotatable bonds is 3. The van der Waals surface area contributed by atoms with Crippen LogP contribution in [0.25, 0.3) is 0 Å². The Balaban J connectivity index is 2.65. The number of benzene rings is 1. The van der Waals surface area contributed by atoms with Gasteiger partial charge in [-0.1, -0.05) is 12.1 Å². The lowest BCUT2D eigenvalue weighted by Gasteiger charge is -2.00. The average molecular weight is 204 g/mol. The van der Waals surface area contributed by atoms with Crippen molar-refractivity contribution in [2.75, 3.05) is 6.26 Å². The van der Waals surface area contributed by atoms with E-state index in [9.17, 15) is 12.8 Å². The fourth-order valence-electron chi connectivity index (χ4n) is 0.802. The molecule has 0 fully saturated rings. The van der Waals surface area contributed by atoms with Gasteiger partial charge in [0.05, 0.1) is 12.9 Å². The summed E-state index contributed by atoms with van der Waals surface area (Å²) in [5, 5.41) is 0. The lowest BCUT2D eigenvalue weighted by atomic mass is 10.2. The quantitative estimate of drug-likeness (QED) is 0.697. The Labute approximate surface area is 76.3 Å². The van der Waals surface area contributed by atoms with Crippen LogP contribution in [0.2, 0.25) is 0 Å². The Hall–Kier alpha value is -0.940. The van der Waals surface area contributed by atoms with Crippen LogP contribution in [-0.4, -0.2) is 14.7 Å². The molecule has 0 aliphatic carbocycles. The standard InChI is InChI=1S/C8H9FO3S/c1-13(10,11)12-6-7-3-2-4-8(9)5-7/h2-5H,6H2,1H3. The van der Waals surface area contributed by atoms with Crippen LogP contribution in [0.15, 0.2) is 24.3 Å². The molecule has 0 saturated heterocycles. The third kappa shape index (κ3) is 4.00. The van der Waals surface area contributed by atoms with Gasteiger partial charge in [-0.05, 0) is 17.7 Å². The zero-order valence-electron chi connectivity index (χ0n) is 7.03. The van der Waals surface area contributed by atoms with Crippen molar-refractivity contribution >= 4 is 10.1 Å². The molecule has 72 valence electrons. The fraction of sp³-hybridized carbons (Fsp3) is 0.250. The molecule has 0 amide bonds. The molecule has 0 atom stereocenters. The van der Waals surface area contributed by atoms with Crippen molar-refractivity contribution in [3.63, 3.8) is 0 Å². The normalized spacial score (nSPS) is 11.5. The SMILES string of the molecule is CS(=O)(=O)OCc1cccc(F)c1. The van der Waals surface area contributed by atoms with Crippen LogP contribution in [0.1, 0.15) is 5.56 Å². The first-order chi connectivity index (χ1) is 5.97. The molecule has 0 aliphatic rings. The molecule has 1 rings (SSSR count). The van der Waals surface area contributed by atoms with E-state index in [1.807, 2.05) is 0 Å². The second-order valence-corrected chi connectivity index (χ2v) is 4.24. The van der Waals surface area contributed by atoms with Crippen molar-refractivity contribution in [1.82, 2.24) is 0 Å². The maximum Gasteiger partial charge on any atom is 0.264 e. The number of halogens is 1. The van der Waals surface area contributed by atoms with Gasteiger partial charge in [-0.25, -0.2) is 4.39 Å². The summed E-state index contributed by atoms with van der Waals surface area (Å²) in [5.74, 6) is -0.408. The van der Waals surface area contributed by atoms with E-state index >= 15 is 0 Å². The van der Waals surface area contributed by atoms with Crippen LogP contribution in [0.5, 0.6) is 0 Å². The summed E-state index contributed by atoms with van der Waals surface area (Å²) >= 11 is 0. The first-order valence-corrected chi connectivity index (χ1v) is 5.38. The van der Waals surface area contributed by atoms with E-state index in [0.29, 0.717) is 5.56 Å². The van der Waals surface area contributed by atoms with E-state index in [1.54, 1.807) is 6.07 Å². The molecule has 1 aromatic rings. The van der Waals surface area contributed by atoms with Crippen LogP contribution in [0.3, 0.4) is 0 Å². The summed E-state index contributed by atoms with van der Waals surface area (Å²) in [5.41, 5.74) is 0.491. The van der Waals surface area contributed by atoms with Crippen LogP contribution in [-0.2, 0) is 20.9 Å². The highest BCUT2D eigenvalue weighted by Crippen LogP contribution is 2.05. The molecule has 0 saturated carbocycles. The molecule has 3 nitrogen and oxygen atoms in total. The molecular formula is C8H9FO3S. The van der Waals surface area contributed by atoms with Gasteiger partial charge in [0, 0.05) is 0 Å². The van der Waals surface area contributed by atoms with Crippen LogP contribution in [0, 0.1) is 5.82 Å². The zero-order valence-corrected chi connectivity index (χ0v) is 7.84. The first kappa shape index (κ1) is 10.1. The molecule has 13 heavy (non-hydrogen) atoms. The number of hydrogen-bond acceptors (Lipinski definition) is 3. The molecule has 0 spiro atoms. The summed E-state index contributed by atoms with van der Waals surface area (Å²) in [4.78, 5) is 0. The van der Waals surface area contributed by atoms with Crippen molar-refractivity contribution in [2.24, 2.45) is 0 Å². The second-order valence-electron chi connectivity index (χ2n) is 2.60. The zero-order chi connectivity index (χ0) is 9.90. The molecular weight excluding hydrogens is 195 g/mol. The molecule has 0 aliphatic heterocycles. The number of hydrogen-bond donors (Lipinski definition) is 0. The summed E-state index contributed by atoms with van der Waals surface area (Å²) in [6, 6.07) is 5.60. The molecule has 0 N–H and O–H groups in total. The Morgan fingerprint density at radius 1 is 1.46 bits per heavy atom. The first-order valence-electron chi connectivity index (χ1n) is 3.56. The van der Waals surface area contributed by atoms with Gasteiger partial charge in [0.15, 0.2) is 0 Å². The van der Waals surface area contributed by atoms with Crippen LogP contribution in [0.4, 0.5) is 4.39 Å². The molecule has 0 radical (unpaired) electrons. The van der Waals surface area contributed by atoms with Gasteiger partial charge in [0.25, 0.3) is 10.1 Å². The lowest BCUT2D eigenvalue weighted by Crippen LogP contribution is -2.02. The third-order valence-corrected chi connectivity index (χ3v) is 1.87. The van der Waals surface area contributed by atoms with E-state index in [0.717, 1.165) is 6.26 Å². The smallest absolute Gasteiger partial charge is 0.264 e. The van der Waals surface area contributed by atoms with Gasteiger partial charge in [0.2, 0.25) is 0 Å². The van der Waals surface area contributed by atoms with Crippen molar-refractivity contribution in [3.05, 3.63) is 35.6 Å². The Kier molecular flexibility index (Phi) is 3.00. The molecule has 0 aromatic heterocycles. The Morgan fingerprint density at radius 2 is 2.15 bits per heavy atom. The summed E-state index contributed by atoms with van der Waals surface area (Å²) in [6.07, 6.45) is 0.951. The maximum atomic E-state index is 12.6. The fourth-order valence-corrected chi connectivity index (χ4v) is 1.15. The molecule has 1 aromatic carbocycles. The van der Waals surface area contributed by atoms with Crippen molar-refractivity contribution in [2.45, 2.75) is 6.61 Å². The minimum Gasteiger partial charge on any atom is -0.265 e. The highest BCUT2D eigenvalue weighted by Gasteiger charge is 2.02. The van der Waals surface area contributed by atoms with Gasteiger partial charge in [-0.15, -0.1) is 0 Å². The van der Waals surface area contributed by atoms with Crippen LogP contribution >= 0.6 is 0 Å². The van der Waals surface area contributed by atoms with Crippen LogP contribution < -0.4 is 0 Å². The summed E-state index contributed by atoms with van der Waals surface area (Å²) in [6.45, 7) is -0.128. The van der Waals surface area contributed by atoms with Crippen molar-refractivity contribution in [3.8, 4) is 0 Å². The average Bonchev–Trinajstić information content (AvgIpc) is 2.00. The predicted octanol–water partition coefficient (Wildman–Crippen LogP) is 1.30. The highest BCUT2D eigenvalue weighted by atomic mass is 32.2. The van der Waals surface area contributed by atoms with E-state index in [1.165, 1.54) is 18.2 Å². The van der Waals surface area contributed by atoms with E-state index in [2.05, 4.69) is 4.18 Å². The minimum absolute atomic E-state index is 0.128. The van der Waals surface area contributed by atoms with Gasteiger partial charge in [-0.3, -0.25) is 4.18 Å². The summed E-state index contributed by atoms with van der Waals surface area (Å²) < 4.78 is 38.2. The topological polar surface area (TPSA) is 43.4 Å². The monoisotopic (exact) mass is 204 g/mol. The Bertz CT molecular complexity index is 386. The summed E-state index contributed by atoms with van der Waals surface area (Å²) in [7, 11) is -3.46. The second kappa shape index (κ2) is 3.85. The van der Waals surface area contributed by atoms with E-state index in [4.69, 9.17) is 0 Å². The van der Waals surface area contributed by atoms with Gasteiger partial charge in [0.1, 0.15) is 5.82 Å². The van der Waals surface area contributed by atoms with E-state index < -0.39 is 15.9 Å².